The van der Waals surface area contributed by atoms with Crippen LogP contribution in [-0.2, 0) is 0 Å². The summed E-state index contributed by atoms with van der Waals surface area (Å²) in [5.74, 6) is 0. The fraction of sp³-hybridized carbons (Fsp3) is 0. The van der Waals surface area contributed by atoms with Crippen LogP contribution < -0.4 is 0 Å². The molecule has 16 aromatic carbocycles. The second-order valence-corrected chi connectivity index (χ2v) is 25.2. The van der Waals surface area contributed by atoms with Gasteiger partial charge in [-0.1, -0.05) is 243 Å². The van der Waals surface area contributed by atoms with E-state index in [1.165, 1.54) is 165 Å². The van der Waals surface area contributed by atoms with Crippen molar-refractivity contribution < 1.29 is 0 Å². The molecule has 0 aliphatic carbocycles. The van der Waals surface area contributed by atoms with E-state index in [9.17, 15) is 0 Å². The molecule has 4 aromatic heterocycles. The molecule has 0 atom stereocenters. The van der Waals surface area contributed by atoms with Crippen LogP contribution in [0.2, 0.25) is 0 Å². The Bertz CT molecular complexity index is 6440. The largest absolute Gasteiger partial charge is 0.309 e. The molecule has 0 unspecified atom stereocenters. The molecule has 0 aliphatic heterocycles. The highest BCUT2D eigenvalue weighted by molar-refractivity contribution is 6.15. The van der Waals surface area contributed by atoms with E-state index in [1.807, 2.05) is 0 Å². The third-order valence-corrected chi connectivity index (χ3v) is 19.8. The fourth-order valence-corrected chi connectivity index (χ4v) is 15.2. The summed E-state index contributed by atoms with van der Waals surface area (Å²) in [6.45, 7) is 0. The lowest BCUT2D eigenvalue weighted by Crippen LogP contribution is -1.94. The van der Waals surface area contributed by atoms with Crippen molar-refractivity contribution in [3.05, 3.63) is 364 Å². The summed E-state index contributed by atoms with van der Waals surface area (Å²) in [7, 11) is 0. The first-order valence-electron chi connectivity index (χ1n) is 33.0. The van der Waals surface area contributed by atoms with Gasteiger partial charge in [-0.15, -0.1) is 0 Å². The predicted octanol–water partition coefficient (Wildman–Crippen LogP) is 24.7. The van der Waals surface area contributed by atoms with Crippen molar-refractivity contribution in [1.82, 2.24) is 18.3 Å². The second kappa shape index (κ2) is 22.5. The lowest BCUT2D eigenvalue weighted by Gasteiger charge is -2.12. The van der Waals surface area contributed by atoms with Crippen LogP contribution in [0.5, 0.6) is 0 Å². The molecule has 4 heteroatoms. The molecular weight excluding hydrogens is 1160 g/mol. The molecule has 0 bridgehead atoms. The van der Waals surface area contributed by atoms with Crippen molar-refractivity contribution in [3.63, 3.8) is 0 Å². The molecule has 96 heavy (non-hydrogen) atoms. The van der Waals surface area contributed by atoms with Gasteiger partial charge in [-0.3, -0.25) is 0 Å². The van der Waals surface area contributed by atoms with Crippen LogP contribution in [0.15, 0.2) is 364 Å². The topological polar surface area (TPSA) is 19.7 Å². The van der Waals surface area contributed by atoms with Gasteiger partial charge in [0.15, 0.2) is 0 Å². The Morgan fingerprint density at radius 1 is 0.125 bits per heavy atom. The number of hydrogen-bond acceptors (Lipinski definition) is 0. The van der Waals surface area contributed by atoms with Gasteiger partial charge in [0.1, 0.15) is 0 Å². The van der Waals surface area contributed by atoms with E-state index in [4.69, 9.17) is 0 Å². The third-order valence-electron chi connectivity index (χ3n) is 19.8. The Balaban J connectivity index is 0.000000135. The molecule has 0 N–H and O–H groups in total. The van der Waals surface area contributed by atoms with Gasteiger partial charge in [0.2, 0.25) is 0 Å². The van der Waals surface area contributed by atoms with Gasteiger partial charge in [-0.2, -0.15) is 0 Å². The zero-order chi connectivity index (χ0) is 63.2. The van der Waals surface area contributed by atoms with Crippen LogP contribution in [0.25, 0.3) is 176 Å². The average Bonchev–Trinajstić information content (AvgIpc) is 1.62. The first-order chi connectivity index (χ1) is 47.6. The minimum absolute atomic E-state index is 1.16. The van der Waals surface area contributed by atoms with Crippen molar-refractivity contribution >= 4 is 109 Å². The molecule has 4 heterocycles. The van der Waals surface area contributed by atoms with E-state index in [1.54, 1.807) is 0 Å². The molecule has 0 saturated heterocycles. The molecule has 0 saturated carbocycles. The number of benzene rings is 16. The summed E-state index contributed by atoms with van der Waals surface area (Å²) in [5, 5.41) is 15.1. The first-order valence-corrected chi connectivity index (χ1v) is 33.0. The SMILES string of the molecule is c1ccc(-n2c3ccccc3c3cc(-c4ccc5c6ccccc6n(-c6ccc(-c7ccc8ccccc8c7)cc6)c5c4)ccc32)cc1.c1ccc(-n2c3ccccc3c3cc(-c4ccc5c6ccccc6n(-c6cccc(-c7ccc8ccccc8c7)c6)c5c4)ccc32)cc1. The van der Waals surface area contributed by atoms with Gasteiger partial charge in [-0.05, 0) is 187 Å². The number of hydrogen-bond donors (Lipinski definition) is 0. The van der Waals surface area contributed by atoms with Gasteiger partial charge in [0.25, 0.3) is 0 Å². The van der Waals surface area contributed by atoms with Crippen LogP contribution in [0.3, 0.4) is 0 Å². The van der Waals surface area contributed by atoms with E-state index in [0.717, 1.165) is 11.4 Å². The summed E-state index contributed by atoms with van der Waals surface area (Å²) in [5.41, 5.74) is 24.1. The molecule has 4 nitrogen and oxygen atoms in total. The van der Waals surface area contributed by atoms with Crippen molar-refractivity contribution in [2.24, 2.45) is 0 Å². The number of fused-ring (bicyclic) bond motifs is 14. The molecule has 0 radical (unpaired) electrons. The Morgan fingerprint density at radius 3 is 0.896 bits per heavy atom. The quantitative estimate of drug-likeness (QED) is 0.144. The van der Waals surface area contributed by atoms with Crippen LogP contribution in [0.4, 0.5) is 0 Å². The van der Waals surface area contributed by atoms with Crippen LogP contribution in [0, 0.1) is 0 Å². The zero-order valence-corrected chi connectivity index (χ0v) is 52.4. The van der Waals surface area contributed by atoms with E-state index in [0.29, 0.717) is 0 Å². The summed E-state index contributed by atoms with van der Waals surface area (Å²) >= 11 is 0. The van der Waals surface area contributed by atoms with E-state index < -0.39 is 0 Å². The second-order valence-electron chi connectivity index (χ2n) is 25.2. The highest BCUT2D eigenvalue weighted by Crippen LogP contribution is 2.42. The molecule has 20 aromatic rings. The minimum Gasteiger partial charge on any atom is -0.309 e. The first kappa shape index (κ1) is 54.9. The van der Waals surface area contributed by atoms with Gasteiger partial charge in [-0.25, -0.2) is 0 Å². The number of nitrogens with zero attached hydrogens (tertiary/aromatic N) is 4. The fourth-order valence-electron chi connectivity index (χ4n) is 15.2. The van der Waals surface area contributed by atoms with E-state index >= 15 is 0 Å². The average molecular weight is 1220 g/mol. The molecular formula is C92H60N4. The zero-order valence-electron chi connectivity index (χ0n) is 52.4. The van der Waals surface area contributed by atoms with Crippen molar-refractivity contribution in [1.29, 1.82) is 0 Å². The lowest BCUT2D eigenvalue weighted by atomic mass is 10.0. The van der Waals surface area contributed by atoms with Crippen LogP contribution in [0.1, 0.15) is 0 Å². The molecule has 0 amide bonds. The van der Waals surface area contributed by atoms with Crippen molar-refractivity contribution in [2.75, 3.05) is 0 Å². The molecule has 0 spiro atoms. The Kier molecular flexibility index (Phi) is 12.9. The Morgan fingerprint density at radius 2 is 0.417 bits per heavy atom. The van der Waals surface area contributed by atoms with Crippen LogP contribution >= 0.6 is 0 Å². The maximum atomic E-state index is 2.43. The molecule has 448 valence electrons. The number of aromatic nitrogens is 4. The maximum absolute atomic E-state index is 2.43. The molecule has 0 aliphatic rings. The predicted molar refractivity (Wildman–Crippen MR) is 407 cm³/mol. The molecule has 0 fully saturated rings. The van der Waals surface area contributed by atoms with Gasteiger partial charge < -0.3 is 18.3 Å². The summed E-state index contributed by atoms with van der Waals surface area (Å²) < 4.78 is 9.59. The summed E-state index contributed by atoms with van der Waals surface area (Å²) in [4.78, 5) is 0. The van der Waals surface area contributed by atoms with Gasteiger partial charge in [0.05, 0.1) is 44.1 Å². The van der Waals surface area contributed by atoms with Gasteiger partial charge >= 0.3 is 0 Å². The van der Waals surface area contributed by atoms with Gasteiger partial charge in [0, 0.05) is 65.8 Å². The number of para-hydroxylation sites is 6. The standard InChI is InChI=1S/2C46H30N2/c1-2-14-37(15-3-1)47-44-20-9-7-18-40(44)42-29-35(24-26-45(42)47)36-23-25-41-39-17-6-8-19-43(39)48(46(41)30-36)38-16-10-13-33(28-38)34-22-21-31-11-4-5-12-32(31)27-34;1-2-12-37(13-3-1)47-44-17-9-7-15-40(44)42-29-35(23-27-45(42)47)36-22-26-41-39-14-6-8-16-43(39)48(46(41)30-36)38-24-20-32(21-25-38)34-19-18-31-10-4-5-11-33(31)28-34/h2*1-30H. The lowest BCUT2D eigenvalue weighted by molar-refractivity contribution is 1.18. The minimum atomic E-state index is 1.16. The highest BCUT2D eigenvalue weighted by atomic mass is 15.0. The highest BCUT2D eigenvalue weighted by Gasteiger charge is 2.20. The Labute approximate surface area is 554 Å². The smallest absolute Gasteiger partial charge is 0.0547 e. The third kappa shape index (κ3) is 9.14. The normalized spacial score (nSPS) is 11.8. The summed E-state index contributed by atoms with van der Waals surface area (Å²) in [6, 6.07) is 133. The van der Waals surface area contributed by atoms with Crippen LogP contribution in [-0.4, -0.2) is 18.3 Å². The summed E-state index contributed by atoms with van der Waals surface area (Å²) in [6.07, 6.45) is 0. The Hall–Kier alpha value is -12.8. The van der Waals surface area contributed by atoms with Crippen molar-refractivity contribution in [3.8, 4) is 67.3 Å². The van der Waals surface area contributed by atoms with E-state index in [-0.39, 0.29) is 0 Å². The van der Waals surface area contributed by atoms with Crippen molar-refractivity contribution in [2.45, 2.75) is 0 Å². The monoisotopic (exact) mass is 1220 g/mol. The molecule has 20 rings (SSSR count). The number of rotatable bonds is 8. The van der Waals surface area contributed by atoms with E-state index in [2.05, 4.69) is 382 Å². The maximum Gasteiger partial charge on any atom is 0.0547 e.